The van der Waals surface area contributed by atoms with Gasteiger partial charge in [0.2, 0.25) is 5.95 Å². The van der Waals surface area contributed by atoms with Crippen molar-refractivity contribution in [2.75, 3.05) is 11.2 Å². The molecule has 1 N–H and O–H groups in total. The molecule has 1 heterocycles. The first-order chi connectivity index (χ1) is 9.83. The summed E-state index contributed by atoms with van der Waals surface area (Å²) in [6.45, 7) is 0. The summed E-state index contributed by atoms with van der Waals surface area (Å²) < 4.78 is 1.73. The predicted molar refractivity (Wildman–Crippen MR) is 79.3 cm³/mol. The molecule has 0 atom stereocenters. The summed E-state index contributed by atoms with van der Waals surface area (Å²) in [6.07, 6.45) is 5.82. The number of benzene rings is 1. The number of hydrogen-bond acceptors (Lipinski definition) is 4. The Hall–Kier alpha value is -1.62. The third-order valence-electron chi connectivity index (χ3n) is 3.91. The van der Waals surface area contributed by atoms with E-state index in [-0.39, 0.29) is 5.54 Å². The first kappa shape index (κ1) is 13.4. The lowest BCUT2D eigenvalue weighted by Crippen LogP contribution is -2.43. The number of aromatic nitrogens is 4. The molecule has 2 aromatic rings. The Morgan fingerprint density at radius 2 is 1.90 bits per heavy atom. The highest BCUT2D eigenvalue weighted by Crippen LogP contribution is 2.32. The van der Waals surface area contributed by atoms with Crippen molar-refractivity contribution in [3.63, 3.8) is 0 Å². The number of nitrogens with zero attached hydrogens (tertiary/aromatic N) is 4. The standard InChI is InChI=1S/C14H18ClN5/c15-11-14(9-5-2-6-10-14)16-13-17-18-19-20(13)12-7-3-1-4-8-12/h1,3-4,7-8H,2,5-6,9-11H2,(H,16,17,19). The Morgan fingerprint density at radius 1 is 1.15 bits per heavy atom. The highest BCUT2D eigenvalue weighted by Gasteiger charge is 2.32. The van der Waals surface area contributed by atoms with Gasteiger partial charge in [0.1, 0.15) is 0 Å². The molecule has 106 valence electrons. The molecule has 0 bridgehead atoms. The fourth-order valence-corrected chi connectivity index (χ4v) is 3.10. The van der Waals surface area contributed by atoms with Gasteiger partial charge in [-0.15, -0.1) is 11.6 Å². The van der Waals surface area contributed by atoms with Crippen LogP contribution in [0.3, 0.4) is 0 Å². The highest BCUT2D eigenvalue weighted by molar-refractivity contribution is 6.18. The van der Waals surface area contributed by atoms with Gasteiger partial charge in [-0.25, -0.2) is 0 Å². The van der Waals surface area contributed by atoms with E-state index in [2.05, 4.69) is 20.8 Å². The third-order valence-corrected chi connectivity index (χ3v) is 4.43. The van der Waals surface area contributed by atoms with E-state index in [4.69, 9.17) is 11.6 Å². The van der Waals surface area contributed by atoms with Gasteiger partial charge in [-0.2, -0.15) is 4.68 Å². The number of nitrogens with one attached hydrogen (secondary N) is 1. The number of hydrogen-bond donors (Lipinski definition) is 1. The van der Waals surface area contributed by atoms with E-state index in [9.17, 15) is 0 Å². The fraction of sp³-hybridized carbons (Fsp3) is 0.500. The van der Waals surface area contributed by atoms with E-state index in [0.29, 0.717) is 11.8 Å². The van der Waals surface area contributed by atoms with Gasteiger partial charge in [-0.05, 0) is 35.4 Å². The SMILES string of the molecule is ClCC1(Nc2nnnn2-c2ccccc2)CCCCC1. The van der Waals surface area contributed by atoms with E-state index in [1.54, 1.807) is 4.68 Å². The Labute approximate surface area is 123 Å². The Bertz CT molecular complexity index is 548. The van der Waals surface area contributed by atoms with Gasteiger partial charge in [0.15, 0.2) is 0 Å². The van der Waals surface area contributed by atoms with E-state index in [1.807, 2.05) is 30.3 Å². The van der Waals surface area contributed by atoms with Crippen LogP contribution in [0, 0.1) is 0 Å². The van der Waals surface area contributed by atoms with Crippen LogP contribution in [-0.4, -0.2) is 31.6 Å². The third kappa shape index (κ3) is 2.63. The molecule has 1 saturated carbocycles. The lowest BCUT2D eigenvalue weighted by Gasteiger charge is -2.36. The largest absolute Gasteiger partial charge is 0.346 e. The van der Waals surface area contributed by atoms with Crippen LogP contribution in [0.2, 0.25) is 0 Å². The second-order valence-electron chi connectivity index (χ2n) is 5.35. The van der Waals surface area contributed by atoms with Crippen LogP contribution in [0.5, 0.6) is 0 Å². The van der Waals surface area contributed by atoms with Crippen LogP contribution in [-0.2, 0) is 0 Å². The number of rotatable bonds is 4. The molecule has 3 rings (SSSR count). The zero-order valence-electron chi connectivity index (χ0n) is 11.3. The first-order valence-electron chi connectivity index (χ1n) is 7.01. The topological polar surface area (TPSA) is 55.6 Å². The zero-order chi connectivity index (χ0) is 13.8. The molecule has 5 nitrogen and oxygen atoms in total. The molecule has 0 spiro atoms. The van der Waals surface area contributed by atoms with E-state index < -0.39 is 0 Å². The molecule has 0 saturated heterocycles. The Kier molecular flexibility index (Phi) is 3.87. The number of para-hydroxylation sites is 1. The number of halogens is 1. The monoisotopic (exact) mass is 291 g/mol. The molecule has 6 heteroatoms. The molecule has 1 aliphatic rings. The zero-order valence-corrected chi connectivity index (χ0v) is 12.1. The van der Waals surface area contributed by atoms with Crippen molar-refractivity contribution in [3.05, 3.63) is 30.3 Å². The van der Waals surface area contributed by atoms with E-state index in [1.165, 1.54) is 19.3 Å². The average Bonchev–Trinajstić information content (AvgIpc) is 2.97. The van der Waals surface area contributed by atoms with Crippen molar-refractivity contribution < 1.29 is 0 Å². The molecule has 1 aliphatic carbocycles. The first-order valence-corrected chi connectivity index (χ1v) is 7.54. The molecular formula is C14H18ClN5. The van der Waals surface area contributed by atoms with Crippen LogP contribution in [0.25, 0.3) is 5.69 Å². The molecule has 1 aromatic heterocycles. The predicted octanol–water partition coefficient (Wildman–Crippen LogP) is 3.02. The van der Waals surface area contributed by atoms with Crippen molar-refractivity contribution in [2.45, 2.75) is 37.6 Å². The quantitative estimate of drug-likeness (QED) is 0.880. The smallest absolute Gasteiger partial charge is 0.248 e. The van der Waals surface area contributed by atoms with Crippen LogP contribution in [0.15, 0.2) is 30.3 Å². The fourth-order valence-electron chi connectivity index (χ4n) is 2.77. The maximum Gasteiger partial charge on any atom is 0.248 e. The average molecular weight is 292 g/mol. The minimum absolute atomic E-state index is 0.0823. The van der Waals surface area contributed by atoms with E-state index in [0.717, 1.165) is 18.5 Å². The van der Waals surface area contributed by atoms with Gasteiger partial charge in [0.05, 0.1) is 11.2 Å². The summed E-state index contributed by atoms with van der Waals surface area (Å²) in [5.41, 5.74) is 0.863. The van der Waals surface area contributed by atoms with Gasteiger partial charge >= 0.3 is 0 Å². The van der Waals surface area contributed by atoms with Crippen molar-refractivity contribution in [1.82, 2.24) is 20.2 Å². The maximum atomic E-state index is 6.21. The summed E-state index contributed by atoms with van der Waals surface area (Å²) in [5, 5.41) is 15.5. The second-order valence-corrected chi connectivity index (χ2v) is 5.62. The summed E-state index contributed by atoms with van der Waals surface area (Å²) >= 11 is 6.21. The van der Waals surface area contributed by atoms with Crippen LogP contribution in [0.1, 0.15) is 32.1 Å². The van der Waals surface area contributed by atoms with Gasteiger partial charge in [-0.1, -0.05) is 42.6 Å². The van der Waals surface area contributed by atoms with Crippen LogP contribution >= 0.6 is 11.6 Å². The van der Waals surface area contributed by atoms with Crippen LogP contribution < -0.4 is 5.32 Å². The lowest BCUT2D eigenvalue weighted by molar-refractivity contribution is 0.351. The molecule has 0 unspecified atom stereocenters. The number of tetrazole rings is 1. The molecule has 0 amide bonds. The summed E-state index contributed by atoms with van der Waals surface area (Å²) in [4.78, 5) is 0. The molecule has 1 aromatic carbocycles. The minimum atomic E-state index is -0.0823. The Morgan fingerprint density at radius 3 is 2.60 bits per heavy atom. The van der Waals surface area contributed by atoms with Crippen molar-refractivity contribution in [2.24, 2.45) is 0 Å². The molecule has 1 fully saturated rings. The van der Waals surface area contributed by atoms with Crippen molar-refractivity contribution in [3.8, 4) is 5.69 Å². The number of anilines is 1. The minimum Gasteiger partial charge on any atom is -0.346 e. The van der Waals surface area contributed by atoms with Crippen molar-refractivity contribution >= 4 is 17.5 Å². The lowest BCUT2D eigenvalue weighted by atomic mass is 9.83. The summed E-state index contributed by atoms with van der Waals surface area (Å²) in [7, 11) is 0. The normalized spacial score (nSPS) is 17.9. The maximum absolute atomic E-state index is 6.21. The van der Waals surface area contributed by atoms with Gasteiger partial charge in [-0.3, -0.25) is 0 Å². The molecule has 0 radical (unpaired) electrons. The second kappa shape index (κ2) is 5.79. The molecule has 20 heavy (non-hydrogen) atoms. The molecule has 0 aliphatic heterocycles. The van der Waals surface area contributed by atoms with Gasteiger partial charge in [0, 0.05) is 5.88 Å². The van der Waals surface area contributed by atoms with Crippen LogP contribution in [0.4, 0.5) is 5.95 Å². The van der Waals surface area contributed by atoms with Crippen molar-refractivity contribution in [1.29, 1.82) is 0 Å². The number of alkyl halides is 1. The summed E-state index contributed by atoms with van der Waals surface area (Å²) in [6, 6.07) is 9.88. The highest BCUT2D eigenvalue weighted by atomic mass is 35.5. The van der Waals surface area contributed by atoms with Gasteiger partial charge < -0.3 is 5.32 Å². The van der Waals surface area contributed by atoms with Gasteiger partial charge in [0.25, 0.3) is 0 Å². The Balaban J connectivity index is 1.86. The summed E-state index contributed by atoms with van der Waals surface area (Å²) in [5.74, 6) is 1.24. The van der Waals surface area contributed by atoms with E-state index >= 15 is 0 Å². The molecular weight excluding hydrogens is 274 g/mol.